The molecular formula is C38H25N. The van der Waals surface area contributed by atoms with Gasteiger partial charge in [0.25, 0.3) is 0 Å². The highest BCUT2D eigenvalue weighted by Gasteiger charge is 2.50. The summed E-state index contributed by atoms with van der Waals surface area (Å²) in [5.74, 6) is 0. The number of benzene rings is 6. The normalized spacial score (nSPS) is 13.9. The first kappa shape index (κ1) is 21.1. The van der Waals surface area contributed by atoms with Crippen LogP contribution in [-0.4, -0.2) is 4.57 Å². The van der Waals surface area contributed by atoms with Crippen LogP contribution in [0.4, 0.5) is 0 Å². The Morgan fingerprint density at radius 1 is 0.462 bits per heavy atom. The smallest absolute Gasteiger partial charge is 0.0754 e. The first-order valence-electron chi connectivity index (χ1n) is 13.8. The van der Waals surface area contributed by atoms with Crippen LogP contribution in [0.5, 0.6) is 0 Å². The van der Waals surface area contributed by atoms with Gasteiger partial charge in [0.1, 0.15) is 0 Å². The average molecular weight is 496 g/mol. The number of hydrogen-bond donors (Lipinski definition) is 0. The molecule has 0 unspecified atom stereocenters. The summed E-state index contributed by atoms with van der Waals surface area (Å²) in [6.45, 7) is 0. The fourth-order valence-corrected chi connectivity index (χ4v) is 7.55. The third kappa shape index (κ3) is 2.60. The summed E-state index contributed by atoms with van der Waals surface area (Å²) >= 11 is 0. The van der Waals surface area contributed by atoms with Crippen LogP contribution in [-0.2, 0) is 11.8 Å². The average Bonchev–Trinajstić information content (AvgIpc) is 3.49. The topological polar surface area (TPSA) is 4.93 Å². The van der Waals surface area contributed by atoms with E-state index < -0.39 is 0 Å². The maximum absolute atomic E-state index is 2.54. The maximum atomic E-state index is 2.54. The quantitative estimate of drug-likeness (QED) is 0.225. The van der Waals surface area contributed by atoms with E-state index >= 15 is 0 Å². The van der Waals surface area contributed by atoms with Gasteiger partial charge in [0.2, 0.25) is 0 Å². The second-order valence-electron chi connectivity index (χ2n) is 10.9. The van der Waals surface area contributed by atoms with Gasteiger partial charge in [-0.15, -0.1) is 0 Å². The molecule has 9 rings (SSSR count). The molecule has 1 aromatic heterocycles. The predicted molar refractivity (Wildman–Crippen MR) is 161 cm³/mol. The first-order valence-corrected chi connectivity index (χ1v) is 13.8. The summed E-state index contributed by atoms with van der Waals surface area (Å²) < 4.78 is 2.54. The molecule has 1 aliphatic carbocycles. The lowest BCUT2D eigenvalue weighted by atomic mass is 9.65. The van der Waals surface area contributed by atoms with Gasteiger partial charge in [-0.3, -0.25) is 0 Å². The summed E-state index contributed by atoms with van der Waals surface area (Å²) in [4.78, 5) is 0. The van der Waals surface area contributed by atoms with E-state index in [1.54, 1.807) is 0 Å². The van der Waals surface area contributed by atoms with Crippen molar-refractivity contribution in [3.05, 3.63) is 173 Å². The van der Waals surface area contributed by atoms with Crippen molar-refractivity contribution >= 4 is 21.8 Å². The third-order valence-corrected chi connectivity index (χ3v) is 9.01. The molecule has 2 heterocycles. The van der Waals surface area contributed by atoms with Crippen LogP contribution in [0.3, 0.4) is 0 Å². The predicted octanol–water partition coefficient (Wildman–Crippen LogP) is 9.05. The molecule has 0 N–H and O–H groups in total. The minimum absolute atomic E-state index is 0.363. The van der Waals surface area contributed by atoms with Gasteiger partial charge in [-0.25, -0.2) is 0 Å². The molecular weight excluding hydrogens is 470 g/mol. The molecule has 0 radical (unpaired) electrons. The zero-order chi connectivity index (χ0) is 25.6. The maximum Gasteiger partial charge on any atom is 0.0754 e. The Morgan fingerprint density at radius 2 is 1.10 bits per heavy atom. The van der Waals surface area contributed by atoms with Crippen LogP contribution >= 0.6 is 0 Å². The van der Waals surface area contributed by atoms with Gasteiger partial charge in [-0.05, 0) is 63.1 Å². The molecule has 0 saturated heterocycles. The molecule has 1 aliphatic heterocycles. The number of nitrogens with zero attached hydrogens (tertiary/aromatic N) is 1. The third-order valence-electron chi connectivity index (χ3n) is 9.01. The molecule has 7 aromatic rings. The SMILES string of the molecule is c1ccc(Cc2ccc3c(c2)-n2c4ccccc4c4cccc(c42)C32c3ccccc3-c3ccccc32)cc1. The molecule has 182 valence electrons. The van der Waals surface area contributed by atoms with Crippen LogP contribution in [0, 0.1) is 0 Å². The second-order valence-corrected chi connectivity index (χ2v) is 10.9. The van der Waals surface area contributed by atoms with E-state index in [1.165, 1.54) is 72.0 Å². The zero-order valence-electron chi connectivity index (χ0n) is 21.4. The minimum Gasteiger partial charge on any atom is -0.309 e. The summed E-state index contributed by atoms with van der Waals surface area (Å²) in [6.07, 6.45) is 0.915. The Kier molecular flexibility index (Phi) is 4.10. The van der Waals surface area contributed by atoms with Crippen LogP contribution < -0.4 is 0 Å². The Labute approximate surface area is 227 Å². The molecule has 0 atom stereocenters. The number of hydrogen-bond acceptors (Lipinski definition) is 0. The second kappa shape index (κ2) is 7.58. The van der Waals surface area contributed by atoms with Crippen molar-refractivity contribution in [2.24, 2.45) is 0 Å². The van der Waals surface area contributed by atoms with Crippen LogP contribution in [0.2, 0.25) is 0 Å². The molecule has 0 saturated carbocycles. The zero-order valence-corrected chi connectivity index (χ0v) is 21.4. The van der Waals surface area contributed by atoms with Crippen molar-refractivity contribution in [1.29, 1.82) is 0 Å². The highest BCUT2D eigenvalue weighted by Crippen LogP contribution is 2.60. The largest absolute Gasteiger partial charge is 0.309 e. The van der Waals surface area contributed by atoms with E-state index in [-0.39, 0.29) is 5.41 Å². The van der Waals surface area contributed by atoms with E-state index in [0.717, 1.165) is 6.42 Å². The van der Waals surface area contributed by atoms with Gasteiger partial charge in [0.15, 0.2) is 0 Å². The van der Waals surface area contributed by atoms with Crippen LogP contribution in [0.1, 0.15) is 33.4 Å². The highest BCUT2D eigenvalue weighted by atomic mass is 15.0. The van der Waals surface area contributed by atoms with Crippen molar-refractivity contribution in [3.63, 3.8) is 0 Å². The van der Waals surface area contributed by atoms with E-state index in [2.05, 4.69) is 144 Å². The molecule has 6 aromatic carbocycles. The van der Waals surface area contributed by atoms with E-state index in [0.29, 0.717) is 0 Å². The van der Waals surface area contributed by atoms with E-state index in [1.807, 2.05) is 0 Å². The van der Waals surface area contributed by atoms with Gasteiger partial charge in [0.05, 0.1) is 22.1 Å². The first-order chi connectivity index (χ1) is 19.4. The van der Waals surface area contributed by atoms with E-state index in [9.17, 15) is 0 Å². The minimum atomic E-state index is -0.363. The molecule has 1 spiro atoms. The summed E-state index contributed by atoms with van der Waals surface area (Å²) in [5.41, 5.74) is 14.4. The Morgan fingerprint density at radius 3 is 1.90 bits per heavy atom. The fraction of sp³-hybridized carbons (Fsp3) is 0.0526. The number of fused-ring (bicyclic) bond motifs is 12. The summed E-state index contributed by atoms with van der Waals surface area (Å²) in [7, 11) is 0. The van der Waals surface area contributed by atoms with Crippen molar-refractivity contribution < 1.29 is 0 Å². The molecule has 1 nitrogen and oxygen atoms in total. The van der Waals surface area contributed by atoms with Gasteiger partial charge in [-0.1, -0.05) is 127 Å². The molecule has 0 bridgehead atoms. The monoisotopic (exact) mass is 495 g/mol. The van der Waals surface area contributed by atoms with Crippen molar-refractivity contribution in [2.45, 2.75) is 11.8 Å². The van der Waals surface area contributed by atoms with Gasteiger partial charge in [0, 0.05) is 10.8 Å². The molecule has 0 amide bonds. The molecule has 1 heteroatoms. The van der Waals surface area contributed by atoms with Crippen LogP contribution in [0.25, 0.3) is 38.6 Å². The van der Waals surface area contributed by atoms with Crippen LogP contribution in [0.15, 0.2) is 140 Å². The van der Waals surface area contributed by atoms with Gasteiger partial charge in [-0.2, -0.15) is 0 Å². The number of aromatic nitrogens is 1. The van der Waals surface area contributed by atoms with Crippen molar-refractivity contribution in [3.8, 4) is 16.8 Å². The van der Waals surface area contributed by atoms with Crippen molar-refractivity contribution in [1.82, 2.24) is 4.57 Å². The molecule has 0 fully saturated rings. The standard InChI is InChI=1S/C38H25N/c1-2-11-25(12-3-1)23-26-21-22-33-36(24-26)39-35-20-9-6-15-29(35)30-16-10-19-34(37(30)39)38(33)31-17-7-4-13-27(31)28-14-5-8-18-32(28)38/h1-22,24H,23H2. The lowest BCUT2D eigenvalue weighted by molar-refractivity contribution is 0.747. The Hall–Kier alpha value is -4.88. The van der Waals surface area contributed by atoms with E-state index in [4.69, 9.17) is 0 Å². The van der Waals surface area contributed by atoms with Gasteiger partial charge < -0.3 is 4.57 Å². The van der Waals surface area contributed by atoms with Crippen molar-refractivity contribution in [2.75, 3.05) is 0 Å². The number of para-hydroxylation sites is 2. The lowest BCUT2D eigenvalue weighted by Crippen LogP contribution is -2.33. The Balaban J connectivity index is 1.47. The molecule has 39 heavy (non-hydrogen) atoms. The Bertz CT molecular complexity index is 2050. The summed E-state index contributed by atoms with van der Waals surface area (Å²) in [5, 5.41) is 2.63. The van der Waals surface area contributed by atoms with Gasteiger partial charge >= 0.3 is 0 Å². The fourth-order valence-electron chi connectivity index (χ4n) is 7.55. The highest BCUT2D eigenvalue weighted by molar-refractivity contribution is 6.12. The number of rotatable bonds is 2. The molecule has 2 aliphatic rings. The lowest BCUT2D eigenvalue weighted by Gasteiger charge is -2.39. The summed E-state index contributed by atoms with van der Waals surface area (Å²) in [6, 6.07) is 52.0.